The van der Waals surface area contributed by atoms with Crippen LogP contribution in [0.15, 0.2) is 42.6 Å². The number of hydrogen-bond acceptors (Lipinski definition) is 6. The molecule has 162 valence electrons. The Labute approximate surface area is 187 Å². The topological polar surface area (TPSA) is 60.5 Å². The van der Waals surface area contributed by atoms with E-state index in [2.05, 4.69) is 42.6 Å². The highest BCUT2D eigenvalue weighted by atomic mass is 32.1. The van der Waals surface area contributed by atoms with E-state index in [0.29, 0.717) is 0 Å². The molecule has 2 aromatic carbocycles. The first-order valence-corrected chi connectivity index (χ1v) is 11.4. The van der Waals surface area contributed by atoms with Gasteiger partial charge in [0.05, 0.1) is 24.6 Å². The van der Waals surface area contributed by atoms with Crippen LogP contribution < -0.4 is 10.1 Å². The van der Waals surface area contributed by atoms with Crippen LogP contribution in [-0.4, -0.2) is 30.7 Å². The van der Waals surface area contributed by atoms with E-state index < -0.39 is 0 Å². The van der Waals surface area contributed by atoms with Crippen molar-refractivity contribution >= 4 is 17.3 Å². The Balaban J connectivity index is 1.57. The minimum atomic E-state index is -0.239. The average Bonchev–Trinajstić information content (AvgIpc) is 3.40. The second kappa shape index (κ2) is 9.20. The number of fused-ring (bicyclic) bond motifs is 1. The first-order valence-electron chi connectivity index (χ1n) is 10.6. The Bertz CT molecular complexity index is 1090. The Kier molecular flexibility index (Phi) is 6.39. The summed E-state index contributed by atoms with van der Waals surface area (Å²) < 4.78 is 10.6. The molecule has 1 atom stereocenters. The van der Waals surface area contributed by atoms with Gasteiger partial charge in [0.25, 0.3) is 0 Å². The standard InChI is InChI=1S/C25H28N2O3S/c1-15(2)30-22-11-8-17(12-16(22)3)25-27-13-23(31-25)20-7-5-6-19-18(20)9-10-21(19)26-14-24(28)29-4/h5-8,11-13,15,21,26H,9-10,14H2,1-4H3. The molecule has 1 aromatic heterocycles. The number of thiazole rings is 1. The molecule has 1 aliphatic carbocycles. The number of nitrogens with zero attached hydrogens (tertiary/aromatic N) is 1. The third-order valence-electron chi connectivity index (χ3n) is 5.55. The van der Waals surface area contributed by atoms with Gasteiger partial charge in [0.15, 0.2) is 0 Å². The number of hydrogen-bond donors (Lipinski definition) is 1. The smallest absolute Gasteiger partial charge is 0.319 e. The molecule has 4 rings (SSSR count). The lowest BCUT2D eigenvalue weighted by Gasteiger charge is -2.14. The van der Waals surface area contributed by atoms with Crippen molar-refractivity contribution in [3.05, 3.63) is 59.3 Å². The molecule has 1 heterocycles. The van der Waals surface area contributed by atoms with Crippen LogP contribution >= 0.6 is 11.3 Å². The van der Waals surface area contributed by atoms with E-state index in [9.17, 15) is 4.79 Å². The molecular formula is C25H28N2O3S. The summed E-state index contributed by atoms with van der Waals surface area (Å²) in [6.45, 7) is 6.37. The van der Waals surface area contributed by atoms with Gasteiger partial charge in [-0.2, -0.15) is 0 Å². The summed E-state index contributed by atoms with van der Waals surface area (Å²) in [5.41, 5.74) is 6.07. The van der Waals surface area contributed by atoms with Crippen LogP contribution in [0, 0.1) is 6.92 Å². The maximum absolute atomic E-state index is 11.5. The molecule has 1 unspecified atom stereocenters. The summed E-state index contributed by atoms with van der Waals surface area (Å²) in [4.78, 5) is 17.4. The minimum absolute atomic E-state index is 0.155. The van der Waals surface area contributed by atoms with Crippen LogP contribution in [0.25, 0.3) is 21.0 Å². The van der Waals surface area contributed by atoms with Crippen LogP contribution in [0.5, 0.6) is 5.75 Å². The van der Waals surface area contributed by atoms with Crippen molar-refractivity contribution < 1.29 is 14.3 Å². The second-order valence-corrected chi connectivity index (χ2v) is 9.13. The molecule has 5 nitrogen and oxygen atoms in total. The van der Waals surface area contributed by atoms with Crippen molar-refractivity contribution in [3.8, 4) is 26.8 Å². The fraction of sp³-hybridized carbons (Fsp3) is 0.360. The molecule has 0 bridgehead atoms. The highest BCUT2D eigenvalue weighted by Crippen LogP contribution is 2.41. The number of carbonyl (C=O) groups excluding carboxylic acids is 1. The van der Waals surface area contributed by atoms with Gasteiger partial charge in [-0.15, -0.1) is 11.3 Å². The third kappa shape index (κ3) is 4.65. The summed E-state index contributed by atoms with van der Waals surface area (Å²) in [6, 6.07) is 12.8. The number of aryl methyl sites for hydroxylation is 1. The quantitative estimate of drug-likeness (QED) is 0.508. The molecule has 0 fully saturated rings. The van der Waals surface area contributed by atoms with Gasteiger partial charge in [0.2, 0.25) is 0 Å². The van der Waals surface area contributed by atoms with Crippen molar-refractivity contribution in [2.45, 2.75) is 45.8 Å². The lowest BCUT2D eigenvalue weighted by atomic mass is 10.0. The van der Waals surface area contributed by atoms with Gasteiger partial charge in [-0.3, -0.25) is 4.79 Å². The van der Waals surface area contributed by atoms with Crippen LogP contribution in [0.2, 0.25) is 0 Å². The summed E-state index contributed by atoms with van der Waals surface area (Å²) in [7, 11) is 1.42. The molecule has 1 aliphatic rings. The Morgan fingerprint density at radius 2 is 2.13 bits per heavy atom. The molecule has 0 saturated heterocycles. The SMILES string of the molecule is COC(=O)CNC1CCc2c(-c3cnc(-c4ccc(OC(C)C)c(C)c4)s3)cccc21. The van der Waals surface area contributed by atoms with E-state index in [1.54, 1.807) is 11.3 Å². The Morgan fingerprint density at radius 3 is 2.87 bits per heavy atom. The van der Waals surface area contributed by atoms with Crippen LogP contribution in [0.3, 0.4) is 0 Å². The van der Waals surface area contributed by atoms with Crippen molar-refractivity contribution in [3.63, 3.8) is 0 Å². The summed E-state index contributed by atoms with van der Waals surface area (Å²) in [6.07, 6.45) is 4.09. The molecule has 0 spiro atoms. The maximum atomic E-state index is 11.5. The summed E-state index contributed by atoms with van der Waals surface area (Å²) in [5, 5.41) is 4.33. The molecule has 0 aliphatic heterocycles. The number of benzene rings is 2. The van der Waals surface area contributed by atoms with Crippen LogP contribution in [0.4, 0.5) is 0 Å². The zero-order valence-electron chi connectivity index (χ0n) is 18.4. The summed E-state index contributed by atoms with van der Waals surface area (Å²) in [5.74, 6) is 0.679. The number of methoxy groups -OCH3 is 1. The number of ether oxygens (including phenoxy) is 2. The van der Waals surface area contributed by atoms with Gasteiger partial charge in [0, 0.05) is 17.8 Å². The molecule has 31 heavy (non-hydrogen) atoms. The highest BCUT2D eigenvalue weighted by molar-refractivity contribution is 7.18. The fourth-order valence-electron chi connectivity index (χ4n) is 4.08. The number of esters is 1. The first-order chi connectivity index (χ1) is 15.0. The van der Waals surface area contributed by atoms with E-state index >= 15 is 0 Å². The molecule has 0 amide bonds. The zero-order valence-corrected chi connectivity index (χ0v) is 19.2. The first kappa shape index (κ1) is 21.5. The summed E-state index contributed by atoms with van der Waals surface area (Å²) >= 11 is 1.71. The van der Waals surface area contributed by atoms with E-state index in [1.807, 2.05) is 26.1 Å². The van der Waals surface area contributed by atoms with Gasteiger partial charge in [0.1, 0.15) is 10.8 Å². The largest absolute Gasteiger partial charge is 0.491 e. The fourth-order valence-corrected chi connectivity index (χ4v) is 5.04. The van der Waals surface area contributed by atoms with Gasteiger partial charge in [-0.1, -0.05) is 18.2 Å². The third-order valence-corrected chi connectivity index (χ3v) is 6.63. The monoisotopic (exact) mass is 436 g/mol. The van der Waals surface area contributed by atoms with Gasteiger partial charge < -0.3 is 14.8 Å². The molecular weight excluding hydrogens is 408 g/mol. The number of rotatable bonds is 7. The molecule has 1 N–H and O–H groups in total. The maximum Gasteiger partial charge on any atom is 0.319 e. The van der Waals surface area contributed by atoms with E-state index in [1.165, 1.54) is 28.7 Å². The van der Waals surface area contributed by atoms with Crippen molar-refractivity contribution in [1.82, 2.24) is 10.3 Å². The number of nitrogens with one attached hydrogen (secondary N) is 1. The molecule has 0 radical (unpaired) electrons. The molecule has 3 aromatic rings. The van der Waals surface area contributed by atoms with Crippen molar-refractivity contribution in [2.24, 2.45) is 0 Å². The van der Waals surface area contributed by atoms with Crippen molar-refractivity contribution in [1.29, 1.82) is 0 Å². The second-order valence-electron chi connectivity index (χ2n) is 8.10. The van der Waals surface area contributed by atoms with Gasteiger partial charge >= 0.3 is 5.97 Å². The predicted octanol–water partition coefficient (Wildman–Crippen LogP) is 5.32. The van der Waals surface area contributed by atoms with Gasteiger partial charge in [-0.05, 0) is 74.1 Å². The zero-order chi connectivity index (χ0) is 22.0. The van der Waals surface area contributed by atoms with E-state index in [-0.39, 0.29) is 24.7 Å². The van der Waals surface area contributed by atoms with E-state index in [0.717, 1.165) is 34.7 Å². The minimum Gasteiger partial charge on any atom is -0.491 e. The van der Waals surface area contributed by atoms with Crippen LogP contribution in [-0.2, 0) is 16.0 Å². The molecule has 0 saturated carbocycles. The number of carbonyl (C=O) groups is 1. The Hall–Kier alpha value is -2.70. The normalized spacial score (nSPS) is 15.2. The average molecular weight is 437 g/mol. The Morgan fingerprint density at radius 1 is 1.29 bits per heavy atom. The highest BCUT2D eigenvalue weighted by Gasteiger charge is 2.26. The predicted molar refractivity (Wildman–Crippen MR) is 125 cm³/mol. The van der Waals surface area contributed by atoms with Crippen LogP contribution in [0.1, 0.15) is 43.0 Å². The lowest BCUT2D eigenvalue weighted by Crippen LogP contribution is -2.27. The molecule has 6 heteroatoms. The van der Waals surface area contributed by atoms with Crippen molar-refractivity contribution in [2.75, 3.05) is 13.7 Å². The lowest BCUT2D eigenvalue weighted by molar-refractivity contribution is -0.139. The van der Waals surface area contributed by atoms with E-state index in [4.69, 9.17) is 14.5 Å². The van der Waals surface area contributed by atoms with Gasteiger partial charge in [-0.25, -0.2) is 4.98 Å². The number of aromatic nitrogens is 1.